The molecule has 1 saturated heterocycles. The van der Waals surface area contributed by atoms with Crippen LogP contribution in [0.15, 0.2) is 0 Å². The molecule has 1 fully saturated rings. The van der Waals surface area contributed by atoms with Crippen LogP contribution in [0.3, 0.4) is 0 Å². The van der Waals surface area contributed by atoms with Crippen molar-refractivity contribution in [2.75, 3.05) is 6.61 Å². The molecule has 2 unspecified atom stereocenters. The van der Waals surface area contributed by atoms with Gasteiger partial charge in [-0.2, -0.15) is 0 Å². The van der Waals surface area contributed by atoms with Crippen LogP contribution in [0.1, 0.15) is 19.8 Å². The van der Waals surface area contributed by atoms with Gasteiger partial charge in [-0.1, -0.05) is 0 Å². The van der Waals surface area contributed by atoms with Gasteiger partial charge in [0.25, 0.3) is 0 Å². The van der Waals surface area contributed by atoms with Gasteiger partial charge in [0.05, 0.1) is 13.0 Å². The van der Waals surface area contributed by atoms with Crippen molar-refractivity contribution < 1.29 is 14.5 Å². The maximum Gasteiger partial charge on any atom is 0.306 e. The lowest BCUT2D eigenvalue weighted by atomic mass is 9.93. The van der Waals surface area contributed by atoms with E-state index in [0.717, 1.165) is 0 Å². The third-order valence-electron chi connectivity index (χ3n) is 2.20. The average Bonchev–Trinajstić information content (AvgIpc) is 2.03. The first kappa shape index (κ1) is 8.96. The molecule has 1 aliphatic rings. The molecule has 1 heterocycles. The van der Waals surface area contributed by atoms with Crippen LogP contribution in [-0.4, -0.2) is 23.5 Å². The molecule has 0 aliphatic carbocycles. The first-order valence-corrected chi connectivity index (χ1v) is 3.90. The lowest BCUT2D eigenvalue weighted by Crippen LogP contribution is -2.33. The van der Waals surface area contributed by atoms with Crippen LogP contribution in [0.25, 0.3) is 0 Å². The maximum absolute atomic E-state index is 10.8. The highest BCUT2D eigenvalue weighted by molar-refractivity contribution is 5.70. The quantitative estimate of drug-likeness (QED) is 0.348. The van der Waals surface area contributed by atoms with Crippen LogP contribution < -0.4 is 0 Å². The number of cyclic esters (lactones) is 1. The molecule has 0 radical (unpaired) electrons. The number of ether oxygens (including phenoxy) is 1. The summed E-state index contributed by atoms with van der Waals surface area (Å²) in [5.74, 6) is -0.471. The van der Waals surface area contributed by atoms with E-state index in [9.17, 15) is 14.9 Å². The van der Waals surface area contributed by atoms with Gasteiger partial charge in [-0.25, -0.2) is 0 Å². The van der Waals surface area contributed by atoms with Gasteiger partial charge < -0.3 is 4.74 Å². The molecule has 0 aromatic carbocycles. The van der Waals surface area contributed by atoms with Crippen LogP contribution in [0.4, 0.5) is 0 Å². The maximum atomic E-state index is 10.8. The number of rotatable bonds is 2. The number of hydrogen-bond acceptors (Lipinski definition) is 4. The number of nitro groups is 1. The Morgan fingerprint density at radius 3 is 2.92 bits per heavy atom. The molecule has 0 saturated carbocycles. The molecule has 1 rings (SSSR count). The topological polar surface area (TPSA) is 69.4 Å². The van der Waals surface area contributed by atoms with Crippen LogP contribution in [-0.2, 0) is 9.53 Å². The Hall–Kier alpha value is -1.13. The second kappa shape index (κ2) is 3.51. The van der Waals surface area contributed by atoms with E-state index in [1.807, 2.05) is 0 Å². The summed E-state index contributed by atoms with van der Waals surface area (Å²) in [6.07, 6.45) is 0.788. The summed E-state index contributed by atoms with van der Waals surface area (Å²) in [4.78, 5) is 20.8. The van der Waals surface area contributed by atoms with Crippen molar-refractivity contribution >= 4 is 5.97 Å². The molecule has 2 atom stereocenters. The fraction of sp³-hybridized carbons (Fsp3) is 0.857. The Bertz CT molecular complexity index is 202. The summed E-state index contributed by atoms with van der Waals surface area (Å²) in [5.41, 5.74) is 0. The van der Waals surface area contributed by atoms with E-state index in [1.165, 1.54) is 6.92 Å². The van der Waals surface area contributed by atoms with Crippen LogP contribution in [0.2, 0.25) is 0 Å². The van der Waals surface area contributed by atoms with Gasteiger partial charge in [0.2, 0.25) is 6.04 Å². The minimum atomic E-state index is -0.641. The van der Waals surface area contributed by atoms with E-state index in [2.05, 4.69) is 4.74 Å². The number of hydrogen-bond donors (Lipinski definition) is 0. The summed E-state index contributed by atoms with van der Waals surface area (Å²) >= 11 is 0. The van der Waals surface area contributed by atoms with Crippen LogP contribution in [0.5, 0.6) is 0 Å². The van der Waals surface area contributed by atoms with E-state index >= 15 is 0 Å². The molecular weight excluding hydrogens is 162 g/mol. The molecule has 0 aromatic heterocycles. The SMILES string of the molecule is CC(C1CCOC(=O)C1)[N+](=O)[O-]. The molecule has 0 spiro atoms. The molecule has 1 aliphatic heterocycles. The van der Waals surface area contributed by atoms with E-state index in [0.29, 0.717) is 13.0 Å². The van der Waals surface area contributed by atoms with Gasteiger partial charge >= 0.3 is 5.97 Å². The van der Waals surface area contributed by atoms with E-state index < -0.39 is 6.04 Å². The molecule has 5 nitrogen and oxygen atoms in total. The second-order valence-corrected chi connectivity index (χ2v) is 3.00. The number of nitrogens with zero attached hydrogens (tertiary/aromatic N) is 1. The van der Waals surface area contributed by atoms with Crippen molar-refractivity contribution in [1.29, 1.82) is 0 Å². The highest BCUT2D eigenvalue weighted by Gasteiger charge is 2.32. The van der Waals surface area contributed by atoms with E-state index in [4.69, 9.17) is 0 Å². The standard InChI is InChI=1S/C7H11NO4/c1-5(8(10)11)6-2-3-12-7(9)4-6/h5-6H,2-4H2,1H3. The Kier molecular flexibility index (Phi) is 2.62. The Labute approximate surface area is 69.9 Å². The van der Waals surface area contributed by atoms with Gasteiger partial charge in [0.15, 0.2) is 0 Å². The number of esters is 1. The summed E-state index contributed by atoms with van der Waals surface area (Å²) in [6.45, 7) is 1.85. The molecule has 68 valence electrons. The predicted molar refractivity (Wildman–Crippen MR) is 40.1 cm³/mol. The number of carbonyl (C=O) groups is 1. The van der Waals surface area contributed by atoms with Gasteiger partial charge in [-0.15, -0.1) is 0 Å². The highest BCUT2D eigenvalue weighted by atomic mass is 16.6. The third-order valence-corrected chi connectivity index (χ3v) is 2.20. The second-order valence-electron chi connectivity index (χ2n) is 3.00. The molecule has 0 amide bonds. The minimum Gasteiger partial charge on any atom is -0.466 e. The van der Waals surface area contributed by atoms with Crippen molar-refractivity contribution in [3.05, 3.63) is 10.1 Å². The molecular formula is C7H11NO4. The number of carbonyl (C=O) groups excluding carboxylic acids is 1. The van der Waals surface area contributed by atoms with Crippen molar-refractivity contribution in [3.8, 4) is 0 Å². The first-order chi connectivity index (χ1) is 5.61. The molecule has 12 heavy (non-hydrogen) atoms. The fourth-order valence-corrected chi connectivity index (χ4v) is 1.28. The van der Waals surface area contributed by atoms with Crippen molar-refractivity contribution in [3.63, 3.8) is 0 Å². The Morgan fingerprint density at radius 2 is 2.42 bits per heavy atom. The van der Waals surface area contributed by atoms with Crippen molar-refractivity contribution in [2.24, 2.45) is 5.92 Å². The van der Waals surface area contributed by atoms with Crippen molar-refractivity contribution in [1.82, 2.24) is 0 Å². The van der Waals surface area contributed by atoms with E-state index in [1.54, 1.807) is 0 Å². The molecule has 5 heteroatoms. The highest BCUT2D eigenvalue weighted by Crippen LogP contribution is 2.20. The lowest BCUT2D eigenvalue weighted by molar-refractivity contribution is -0.528. The summed E-state index contributed by atoms with van der Waals surface area (Å²) in [5, 5.41) is 10.4. The predicted octanol–water partition coefficient (Wildman–Crippen LogP) is 0.605. The zero-order valence-electron chi connectivity index (χ0n) is 6.86. The minimum absolute atomic E-state index is 0.152. The molecule has 0 bridgehead atoms. The van der Waals surface area contributed by atoms with Gasteiger partial charge in [-0.3, -0.25) is 14.9 Å². The van der Waals surface area contributed by atoms with Crippen molar-refractivity contribution in [2.45, 2.75) is 25.8 Å². The lowest BCUT2D eigenvalue weighted by Gasteiger charge is -2.21. The summed E-state index contributed by atoms with van der Waals surface area (Å²) in [6, 6.07) is -0.641. The van der Waals surface area contributed by atoms with Crippen LogP contribution in [0, 0.1) is 16.0 Å². The zero-order chi connectivity index (χ0) is 9.14. The smallest absolute Gasteiger partial charge is 0.306 e. The van der Waals surface area contributed by atoms with Crippen LogP contribution >= 0.6 is 0 Å². The summed E-state index contributed by atoms with van der Waals surface area (Å²) < 4.78 is 4.68. The Morgan fingerprint density at radius 1 is 1.75 bits per heavy atom. The third kappa shape index (κ3) is 1.93. The largest absolute Gasteiger partial charge is 0.466 e. The molecule has 0 N–H and O–H groups in total. The summed E-state index contributed by atoms with van der Waals surface area (Å²) in [7, 11) is 0. The Balaban J connectivity index is 2.51. The van der Waals surface area contributed by atoms with Gasteiger partial charge in [-0.05, 0) is 6.42 Å². The van der Waals surface area contributed by atoms with E-state index in [-0.39, 0.29) is 23.2 Å². The normalized spacial score (nSPS) is 26.1. The van der Waals surface area contributed by atoms with Gasteiger partial charge in [0, 0.05) is 17.8 Å². The monoisotopic (exact) mass is 173 g/mol. The fourth-order valence-electron chi connectivity index (χ4n) is 1.28. The first-order valence-electron chi connectivity index (χ1n) is 3.90. The molecule has 0 aromatic rings. The average molecular weight is 173 g/mol. The zero-order valence-corrected chi connectivity index (χ0v) is 6.86. The van der Waals surface area contributed by atoms with Gasteiger partial charge in [0.1, 0.15) is 0 Å².